The van der Waals surface area contributed by atoms with Crippen molar-refractivity contribution in [2.75, 3.05) is 7.11 Å². The van der Waals surface area contributed by atoms with Gasteiger partial charge in [-0.2, -0.15) is 0 Å². The van der Waals surface area contributed by atoms with E-state index in [1.54, 1.807) is 30.3 Å². The van der Waals surface area contributed by atoms with Gasteiger partial charge < -0.3 is 9.84 Å². The second-order valence-corrected chi connectivity index (χ2v) is 8.24. The minimum Gasteiger partial charge on any atom is -0.504 e. The SMILES string of the molecule is COc1cc(/C=C2/SC(=O)N(Cc3ccc(Cl)cc3Cl)C2=O)c(Br)cc1O. The lowest BCUT2D eigenvalue weighted by atomic mass is 10.1. The van der Waals surface area contributed by atoms with Gasteiger partial charge in [-0.25, -0.2) is 0 Å². The van der Waals surface area contributed by atoms with Gasteiger partial charge in [-0.05, 0) is 53.2 Å². The van der Waals surface area contributed by atoms with E-state index in [0.29, 0.717) is 25.6 Å². The molecule has 0 aromatic heterocycles. The molecule has 27 heavy (non-hydrogen) atoms. The lowest BCUT2D eigenvalue weighted by molar-refractivity contribution is -0.123. The Morgan fingerprint density at radius 3 is 2.67 bits per heavy atom. The molecule has 0 atom stereocenters. The van der Waals surface area contributed by atoms with Gasteiger partial charge in [-0.3, -0.25) is 14.5 Å². The van der Waals surface area contributed by atoms with E-state index in [2.05, 4.69) is 15.9 Å². The molecule has 5 nitrogen and oxygen atoms in total. The number of halogens is 3. The van der Waals surface area contributed by atoms with E-state index in [0.717, 1.165) is 16.7 Å². The highest BCUT2D eigenvalue weighted by Crippen LogP contribution is 2.38. The predicted octanol–water partition coefficient (Wildman–Crippen LogP) is 5.71. The van der Waals surface area contributed by atoms with Crippen LogP contribution < -0.4 is 4.74 Å². The maximum atomic E-state index is 12.7. The fourth-order valence-electron chi connectivity index (χ4n) is 2.43. The van der Waals surface area contributed by atoms with Crippen LogP contribution in [0.5, 0.6) is 11.5 Å². The van der Waals surface area contributed by atoms with Crippen molar-refractivity contribution in [2.24, 2.45) is 0 Å². The van der Waals surface area contributed by atoms with E-state index in [4.69, 9.17) is 27.9 Å². The molecular formula is C18H12BrCl2NO4S. The highest BCUT2D eigenvalue weighted by Gasteiger charge is 2.35. The summed E-state index contributed by atoms with van der Waals surface area (Å²) in [5.74, 6) is -0.196. The van der Waals surface area contributed by atoms with Gasteiger partial charge in [0.05, 0.1) is 18.6 Å². The van der Waals surface area contributed by atoms with Gasteiger partial charge in [0.1, 0.15) is 0 Å². The maximum Gasteiger partial charge on any atom is 0.293 e. The van der Waals surface area contributed by atoms with Gasteiger partial charge in [-0.1, -0.05) is 45.2 Å². The molecule has 0 aliphatic carbocycles. The Kier molecular flexibility index (Phi) is 6.05. The number of imide groups is 1. The quantitative estimate of drug-likeness (QED) is 0.558. The van der Waals surface area contributed by atoms with E-state index >= 15 is 0 Å². The van der Waals surface area contributed by atoms with Gasteiger partial charge in [0.2, 0.25) is 0 Å². The van der Waals surface area contributed by atoms with Crippen LogP contribution in [-0.4, -0.2) is 28.3 Å². The van der Waals surface area contributed by atoms with Crippen molar-refractivity contribution in [3.05, 3.63) is 60.9 Å². The Balaban J connectivity index is 1.89. The molecule has 1 N–H and O–H groups in total. The number of benzene rings is 2. The summed E-state index contributed by atoms with van der Waals surface area (Å²) in [5, 5.41) is 10.3. The zero-order valence-corrected chi connectivity index (χ0v) is 17.7. The average molecular weight is 489 g/mol. The zero-order valence-electron chi connectivity index (χ0n) is 13.8. The molecule has 2 aromatic rings. The third-order valence-electron chi connectivity index (χ3n) is 3.80. The highest BCUT2D eigenvalue weighted by atomic mass is 79.9. The molecule has 140 valence electrons. The Labute approximate surface area is 178 Å². The number of rotatable bonds is 4. The number of methoxy groups -OCH3 is 1. The number of carbonyl (C=O) groups is 2. The third-order valence-corrected chi connectivity index (χ3v) is 5.98. The third kappa shape index (κ3) is 4.27. The zero-order chi connectivity index (χ0) is 19.7. The first-order chi connectivity index (χ1) is 12.8. The molecule has 1 heterocycles. The van der Waals surface area contributed by atoms with E-state index in [1.165, 1.54) is 13.2 Å². The number of ether oxygens (including phenoxy) is 1. The molecule has 0 unspecified atom stereocenters. The minimum atomic E-state index is -0.421. The normalized spacial score (nSPS) is 15.7. The number of carbonyl (C=O) groups excluding carboxylic acids is 2. The summed E-state index contributed by atoms with van der Waals surface area (Å²) in [4.78, 5) is 26.4. The lowest BCUT2D eigenvalue weighted by Gasteiger charge is -2.13. The first-order valence-corrected chi connectivity index (χ1v) is 9.92. The van der Waals surface area contributed by atoms with Crippen LogP contribution in [0.4, 0.5) is 4.79 Å². The fraction of sp³-hybridized carbons (Fsp3) is 0.111. The molecule has 2 aromatic carbocycles. The Morgan fingerprint density at radius 2 is 2.00 bits per heavy atom. The number of hydrogen-bond acceptors (Lipinski definition) is 5. The summed E-state index contributed by atoms with van der Waals surface area (Å²) in [6.07, 6.45) is 1.57. The summed E-state index contributed by atoms with van der Waals surface area (Å²) in [6, 6.07) is 7.93. The molecule has 0 saturated carbocycles. The van der Waals surface area contributed by atoms with Crippen molar-refractivity contribution in [3.8, 4) is 11.5 Å². The van der Waals surface area contributed by atoms with Gasteiger partial charge in [0, 0.05) is 14.5 Å². The number of phenolic OH excluding ortho intramolecular Hbond substituents is 1. The first-order valence-electron chi connectivity index (χ1n) is 7.56. The second kappa shape index (κ2) is 8.14. The summed E-state index contributed by atoms with van der Waals surface area (Å²) < 4.78 is 5.64. The van der Waals surface area contributed by atoms with Crippen molar-refractivity contribution >= 4 is 68.1 Å². The molecule has 0 bridgehead atoms. The van der Waals surface area contributed by atoms with Gasteiger partial charge >= 0.3 is 0 Å². The predicted molar refractivity (Wildman–Crippen MR) is 110 cm³/mol. The number of phenols is 1. The van der Waals surface area contributed by atoms with Crippen LogP contribution >= 0.6 is 50.9 Å². The van der Waals surface area contributed by atoms with Crippen molar-refractivity contribution in [2.45, 2.75) is 6.54 Å². The smallest absolute Gasteiger partial charge is 0.293 e. The number of amides is 2. The van der Waals surface area contributed by atoms with Gasteiger partial charge in [0.25, 0.3) is 11.1 Å². The minimum absolute atomic E-state index is 0.0352. The first kappa shape index (κ1) is 20.1. The summed E-state index contributed by atoms with van der Waals surface area (Å²) in [6.45, 7) is 0.0536. The Morgan fingerprint density at radius 1 is 1.26 bits per heavy atom. The molecule has 0 spiro atoms. The number of thioether (sulfide) groups is 1. The van der Waals surface area contributed by atoms with E-state index in [9.17, 15) is 14.7 Å². The fourth-order valence-corrected chi connectivity index (χ4v) is 4.17. The number of nitrogens with zero attached hydrogens (tertiary/aromatic N) is 1. The van der Waals surface area contributed by atoms with Crippen molar-refractivity contribution in [3.63, 3.8) is 0 Å². The van der Waals surface area contributed by atoms with Crippen LogP contribution in [0.1, 0.15) is 11.1 Å². The molecule has 3 rings (SSSR count). The lowest BCUT2D eigenvalue weighted by Crippen LogP contribution is -2.27. The monoisotopic (exact) mass is 487 g/mol. The standard InChI is InChI=1S/C18H12BrCl2NO4S/c1-26-15-4-10(12(19)7-14(15)23)5-16-17(24)22(18(25)27-16)8-9-2-3-11(20)6-13(9)21/h2-7,23H,8H2,1H3/b16-5+. The van der Waals surface area contributed by atoms with E-state index in [-0.39, 0.29) is 28.2 Å². The summed E-state index contributed by atoms with van der Waals surface area (Å²) in [5.41, 5.74) is 1.22. The Hall–Kier alpha value is -1.67. The van der Waals surface area contributed by atoms with Crippen molar-refractivity contribution < 1.29 is 19.4 Å². The molecule has 1 aliphatic heterocycles. The van der Waals surface area contributed by atoms with E-state index in [1.807, 2.05) is 0 Å². The number of hydrogen-bond donors (Lipinski definition) is 1. The van der Waals surface area contributed by atoms with Crippen LogP contribution in [0, 0.1) is 0 Å². The molecule has 0 radical (unpaired) electrons. The largest absolute Gasteiger partial charge is 0.504 e. The molecule has 2 amide bonds. The van der Waals surface area contributed by atoms with Crippen LogP contribution in [0.25, 0.3) is 6.08 Å². The summed E-state index contributed by atoms with van der Waals surface area (Å²) in [7, 11) is 1.43. The molecule has 9 heteroatoms. The Bertz CT molecular complexity index is 980. The van der Waals surface area contributed by atoms with Crippen molar-refractivity contribution in [1.82, 2.24) is 4.90 Å². The van der Waals surface area contributed by atoms with Crippen LogP contribution in [0.2, 0.25) is 10.0 Å². The van der Waals surface area contributed by atoms with Gasteiger partial charge in [0.15, 0.2) is 11.5 Å². The summed E-state index contributed by atoms with van der Waals surface area (Å²) >= 11 is 16.2. The highest BCUT2D eigenvalue weighted by molar-refractivity contribution is 9.10. The van der Waals surface area contributed by atoms with Crippen LogP contribution in [-0.2, 0) is 11.3 Å². The van der Waals surface area contributed by atoms with E-state index < -0.39 is 5.91 Å². The molecular weight excluding hydrogens is 477 g/mol. The van der Waals surface area contributed by atoms with Gasteiger partial charge in [-0.15, -0.1) is 0 Å². The average Bonchev–Trinajstić information content (AvgIpc) is 2.87. The molecule has 1 aliphatic rings. The number of aromatic hydroxyl groups is 1. The second-order valence-electron chi connectivity index (χ2n) is 5.55. The molecule has 1 saturated heterocycles. The van der Waals surface area contributed by atoms with Crippen LogP contribution in [0.15, 0.2) is 39.7 Å². The van der Waals surface area contributed by atoms with Crippen LogP contribution in [0.3, 0.4) is 0 Å². The topological polar surface area (TPSA) is 66.8 Å². The van der Waals surface area contributed by atoms with Crippen molar-refractivity contribution in [1.29, 1.82) is 0 Å². The maximum absolute atomic E-state index is 12.7. The molecule has 1 fully saturated rings.